The summed E-state index contributed by atoms with van der Waals surface area (Å²) >= 11 is 0. The summed E-state index contributed by atoms with van der Waals surface area (Å²) in [6, 6.07) is 9.83. The summed E-state index contributed by atoms with van der Waals surface area (Å²) in [6.07, 6.45) is 2.48. The molecule has 20 heavy (non-hydrogen) atoms. The van der Waals surface area contributed by atoms with Crippen molar-refractivity contribution in [2.75, 3.05) is 31.1 Å². The number of fused-ring (bicyclic) bond motifs is 1. The number of H-pyrrole nitrogens is 1. The molecule has 104 valence electrons. The van der Waals surface area contributed by atoms with E-state index in [4.69, 9.17) is 0 Å². The molecular formula is C16H19N3O. The third-order valence-corrected chi connectivity index (χ3v) is 4.84. The third kappa shape index (κ3) is 1.83. The van der Waals surface area contributed by atoms with Gasteiger partial charge in [-0.05, 0) is 25.5 Å². The number of benzene rings is 1. The molecule has 0 radical (unpaired) electrons. The van der Waals surface area contributed by atoms with Crippen LogP contribution >= 0.6 is 0 Å². The largest absolute Gasteiger partial charge is 0.370 e. The second-order valence-electron chi connectivity index (χ2n) is 6.16. The molecule has 2 fully saturated rings. The monoisotopic (exact) mass is 269 g/mol. The lowest BCUT2D eigenvalue weighted by Crippen LogP contribution is -2.29. The Balaban J connectivity index is 1.77. The minimum atomic E-state index is -0.0100. The van der Waals surface area contributed by atoms with Crippen molar-refractivity contribution < 1.29 is 0 Å². The Morgan fingerprint density at radius 2 is 2.10 bits per heavy atom. The Kier molecular flexibility index (Phi) is 2.60. The molecule has 2 aromatic rings. The van der Waals surface area contributed by atoms with Crippen molar-refractivity contribution in [1.82, 2.24) is 10.3 Å². The van der Waals surface area contributed by atoms with Crippen LogP contribution < -0.4 is 15.8 Å². The first-order chi connectivity index (χ1) is 9.76. The van der Waals surface area contributed by atoms with Crippen molar-refractivity contribution in [3.63, 3.8) is 0 Å². The smallest absolute Gasteiger partial charge is 0.250 e. The molecule has 2 aliphatic rings. The normalized spacial score (nSPS) is 25.9. The van der Waals surface area contributed by atoms with Gasteiger partial charge in [0.1, 0.15) is 0 Å². The molecule has 1 aromatic heterocycles. The predicted octanol–water partition coefficient (Wildman–Crippen LogP) is 1.72. The van der Waals surface area contributed by atoms with Crippen LogP contribution in [0, 0.1) is 5.41 Å². The Morgan fingerprint density at radius 1 is 1.20 bits per heavy atom. The van der Waals surface area contributed by atoms with Crippen LogP contribution in [0.25, 0.3) is 10.9 Å². The fourth-order valence-corrected chi connectivity index (χ4v) is 3.73. The van der Waals surface area contributed by atoms with E-state index in [9.17, 15) is 4.79 Å². The summed E-state index contributed by atoms with van der Waals surface area (Å²) in [5, 5.41) is 4.63. The van der Waals surface area contributed by atoms with Gasteiger partial charge in [-0.15, -0.1) is 0 Å². The lowest BCUT2D eigenvalue weighted by Gasteiger charge is -2.24. The summed E-state index contributed by atoms with van der Waals surface area (Å²) in [7, 11) is 0. The maximum absolute atomic E-state index is 11.9. The van der Waals surface area contributed by atoms with Crippen molar-refractivity contribution in [2.45, 2.75) is 12.8 Å². The Bertz CT molecular complexity index is 700. The van der Waals surface area contributed by atoms with Gasteiger partial charge in [0.2, 0.25) is 5.56 Å². The lowest BCUT2D eigenvalue weighted by molar-refractivity contribution is 0.369. The van der Waals surface area contributed by atoms with E-state index in [1.54, 1.807) is 6.07 Å². The standard InChI is InChI=1S/C16H19N3O/c20-15-9-14(12-3-1-2-4-13(12)18-15)19-8-6-16(11-19)5-7-17-10-16/h1-4,9,17H,5-8,10-11H2,(H,18,20). The molecule has 2 saturated heterocycles. The van der Waals surface area contributed by atoms with Crippen LogP contribution in [0.15, 0.2) is 35.1 Å². The van der Waals surface area contributed by atoms with Crippen molar-refractivity contribution >= 4 is 16.6 Å². The molecule has 1 atom stereocenters. The van der Waals surface area contributed by atoms with Crippen molar-refractivity contribution in [3.8, 4) is 0 Å². The molecule has 2 aliphatic heterocycles. The van der Waals surface area contributed by atoms with Crippen LogP contribution in [0.4, 0.5) is 5.69 Å². The molecule has 2 N–H and O–H groups in total. The number of aromatic nitrogens is 1. The molecule has 4 nitrogen and oxygen atoms in total. The summed E-state index contributed by atoms with van der Waals surface area (Å²) in [5.41, 5.74) is 2.43. The molecule has 1 aromatic carbocycles. The van der Waals surface area contributed by atoms with E-state index in [0.717, 1.165) is 42.8 Å². The first-order valence-electron chi connectivity index (χ1n) is 7.34. The number of para-hydroxylation sites is 1. The predicted molar refractivity (Wildman–Crippen MR) is 81.3 cm³/mol. The second-order valence-corrected chi connectivity index (χ2v) is 6.16. The van der Waals surface area contributed by atoms with Crippen LogP contribution in [0.1, 0.15) is 12.8 Å². The Morgan fingerprint density at radius 3 is 2.95 bits per heavy atom. The highest BCUT2D eigenvalue weighted by Gasteiger charge is 2.40. The number of nitrogens with zero attached hydrogens (tertiary/aromatic N) is 1. The number of anilines is 1. The maximum atomic E-state index is 11.9. The van der Waals surface area contributed by atoms with Gasteiger partial charge in [-0.1, -0.05) is 18.2 Å². The van der Waals surface area contributed by atoms with E-state index in [1.165, 1.54) is 12.8 Å². The molecule has 4 heteroatoms. The molecule has 0 aliphatic carbocycles. The zero-order valence-corrected chi connectivity index (χ0v) is 11.5. The third-order valence-electron chi connectivity index (χ3n) is 4.84. The minimum absolute atomic E-state index is 0.0100. The summed E-state index contributed by atoms with van der Waals surface area (Å²) in [4.78, 5) is 17.2. The molecule has 1 unspecified atom stereocenters. The molecule has 0 bridgehead atoms. The van der Waals surface area contributed by atoms with Crippen LogP contribution in [-0.4, -0.2) is 31.2 Å². The van der Waals surface area contributed by atoms with E-state index in [-0.39, 0.29) is 5.56 Å². The summed E-state index contributed by atoms with van der Waals surface area (Å²) in [6.45, 7) is 4.36. The number of hydrogen-bond acceptors (Lipinski definition) is 3. The number of aromatic amines is 1. The quantitative estimate of drug-likeness (QED) is 0.828. The summed E-state index contributed by atoms with van der Waals surface area (Å²) < 4.78 is 0. The molecule has 0 amide bonds. The Hall–Kier alpha value is -1.81. The van der Waals surface area contributed by atoms with Gasteiger partial charge in [-0.3, -0.25) is 4.79 Å². The van der Waals surface area contributed by atoms with Crippen LogP contribution in [0.5, 0.6) is 0 Å². The van der Waals surface area contributed by atoms with E-state index in [2.05, 4.69) is 21.3 Å². The zero-order valence-electron chi connectivity index (χ0n) is 11.5. The van der Waals surface area contributed by atoms with Crippen LogP contribution in [0.3, 0.4) is 0 Å². The van der Waals surface area contributed by atoms with Gasteiger partial charge >= 0.3 is 0 Å². The van der Waals surface area contributed by atoms with E-state index in [0.29, 0.717) is 5.41 Å². The minimum Gasteiger partial charge on any atom is -0.370 e. The highest BCUT2D eigenvalue weighted by molar-refractivity contribution is 5.91. The maximum Gasteiger partial charge on any atom is 0.250 e. The molecule has 3 heterocycles. The van der Waals surface area contributed by atoms with Gasteiger partial charge in [-0.25, -0.2) is 0 Å². The zero-order chi connectivity index (χ0) is 13.6. The van der Waals surface area contributed by atoms with Crippen molar-refractivity contribution in [1.29, 1.82) is 0 Å². The molecular weight excluding hydrogens is 250 g/mol. The lowest BCUT2D eigenvalue weighted by atomic mass is 9.86. The van der Waals surface area contributed by atoms with Crippen LogP contribution in [0.2, 0.25) is 0 Å². The SMILES string of the molecule is O=c1cc(N2CCC3(CCNC3)C2)c2ccccc2[nH]1. The summed E-state index contributed by atoms with van der Waals surface area (Å²) in [5.74, 6) is 0. The van der Waals surface area contributed by atoms with E-state index >= 15 is 0 Å². The van der Waals surface area contributed by atoms with Gasteiger partial charge < -0.3 is 15.2 Å². The first kappa shape index (κ1) is 12.0. The highest BCUT2D eigenvalue weighted by Crippen LogP contribution is 2.39. The van der Waals surface area contributed by atoms with Gasteiger partial charge in [0.25, 0.3) is 0 Å². The average molecular weight is 269 g/mol. The molecule has 1 spiro atoms. The van der Waals surface area contributed by atoms with Gasteiger partial charge in [0.15, 0.2) is 0 Å². The first-order valence-corrected chi connectivity index (χ1v) is 7.34. The van der Waals surface area contributed by atoms with Crippen molar-refractivity contribution in [3.05, 3.63) is 40.7 Å². The van der Waals surface area contributed by atoms with Crippen LogP contribution in [-0.2, 0) is 0 Å². The van der Waals surface area contributed by atoms with E-state index in [1.807, 2.05) is 18.2 Å². The van der Waals surface area contributed by atoms with Gasteiger partial charge in [0.05, 0.1) is 11.2 Å². The van der Waals surface area contributed by atoms with E-state index < -0.39 is 0 Å². The number of hydrogen-bond donors (Lipinski definition) is 2. The Labute approximate surface area is 117 Å². The van der Waals surface area contributed by atoms with Gasteiger partial charge in [-0.2, -0.15) is 0 Å². The van der Waals surface area contributed by atoms with Crippen molar-refractivity contribution in [2.24, 2.45) is 5.41 Å². The second kappa shape index (κ2) is 4.35. The van der Waals surface area contributed by atoms with Gasteiger partial charge in [0, 0.05) is 36.5 Å². The molecule has 4 rings (SSSR count). The number of nitrogens with one attached hydrogen (secondary N) is 2. The number of rotatable bonds is 1. The topological polar surface area (TPSA) is 48.1 Å². The fraction of sp³-hybridized carbons (Fsp3) is 0.438. The highest BCUT2D eigenvalue weighted by atomic mass is 16.1. The molecule has 0 saturated carbocycles. The average Bonchev–Trinajstić information content (AvgIpc) is 3.09. The number of pyridine rings is 1. The fourth-order valence-electron chi connectivity index (χ4n) is 3.73.